The van der Waals surface area contributed by atoms with Crippen molar-refractivity contribution in [2.75, 3.05) is 25.4 Å². The fourth-order valence-corrected chi connectivity index (χ4v) is 1.50. The van der Waals surface area contributed by atoms with Gasteiger partial charge in [0.05, 0.1) is 0 Å². The normalized spacial score (nSPS) is 20.8. The number of thiol groups is 1. The number of rotatable bonds is 2. The van der Waals surface area contributed by atoms with Crippen molar-refractivity contribution < 1.29 is 0 Å². The van der Waals surface area contributed by atoms with Crippen LogP contribution in [0.4, 0.5) is 0 Å². The Kier molecular flexibility index (Phi) is 3.29. The van der Waals surface area contributed by atoms with Gasteiger partial charge in [0.15, 0.2) is 0 Å². The smallest absolute Gasteiger partial charge is 0.0201 e. The van der Waals surface area contributed by atoms with Crippen molar-refractivity contribution in [1.82, 2.24) is 4.90 Å². The van der Waals surface area contributed by atoms with Gasteiger partial charge in [0.2, 0.25) is 0 Å². The summed E-state index contributed by atoms with van der Waals surface area (Å²) in [5, 5.41) is 0. The highest BCUT2D eigenvalue weighted by atomic mass is 32.1. The number of hydrogen-bond acceptors (Lipinski definition) is 2. The highest BCUT2D eigenvalue weighted by Gasteiger charge is 2.08. The van der Waals surface area contributed by atoms with E-state index >= 15 is 0 Å². The quantitative estimate of drug-likeness (QED) is 0.470. The van der Waals surface area contributed by atoms with E-state index in [2.05, 4.69) is 30.5 Å². The van der Waals surface area contributed by atoms with Crippen molar-refractivity contribution in [2.24, 2.45) is 0 Å². The number of hydrogen-bond donors (Lipinski definition) is 1. The van der Waals surface area contributed by atoms with E-state index in [4.69, 9.17) is 0 Å². The van der Waals surface area contributed by atoms with E-state index in [-0.39, 0.29) is 0 Å². The molecule has 0 aliphatic carbocycles. The molecule has 0 N–H and O–H groups in total. The van der Waals surface area contributed by atoms with Gasteiger partial charge in [0.25, 0.3) is 0 Å². The molecule has 0 radical (unpaired) electrons. The Morgan fingerprint density at radius 2 is 2.50 bits per heavy atom. The lowest BCUT2D eigenvalue weighted by Gasteiger charge is -2.24. The van der Waals surface area contributed by atoms with E-state index in [9.17, 15) is 0 Å². The second kappa shape index (κ2) is 4.04. The van der Waals surface area contributed by atoms with Crippen molar-refractivity contribution in [2.45, 2.75) is 13.3 Å². The van der Waals surface area contributed by atoms with E-state index in [0.29, 0.717) is 0 Å². The lowest BCUT2D eigenvalue weighted by molar-refractivity contribution is 0.307. The first-order valence-electron chi connectivity index (χ1n) is 3.88. The zero-order valence-electron chi connectivity index (χ0n) is 6.51. The average Bonchev–Trinajstić information content (AvgIpc) is 2.05. The first-order chi connectivity index (χ1) is 4.86. The van der Waals surface area contributed by atoms with Crippen LogP contribution in [0, 0.1) is 0 Å². The molecule has 0 atom stereocenters. The van der Waals surface area contributed by atoms with Gasteiger partial charge in [0.1, 0.15) is 0 Å². The maximum atomic E-state index is 4.25. The first-order valence-corrected chi connectivity index (χ1v) is 4.51. The molecule has 0 saturated carbocycles. The Morgan fingerprint density at radius 1 is 1.70 bits per heavy atom. The van der Waals surface area contributed by atoms with Crippen LogP contribution in [-0.4, -0.2) is 30.3 Å². The topological polar surface area (TPSA) is 3.24 Å². The maximum absolute atomic E-state index is 4.25. The van der Waals surface area contributed by atoms with Crippen LogP contribution in [0.25, 0.3) is 0 Å². The highest BCUT2D eigenvalue weighted by Crippen LogP contribution is 2.09. The summed E-state index contributed by atoms with van der Waals surface area (Å²) >= 11 is 4.25. The molecule has 0 aromatic heterocycles. The zero-order valence-corrected chi connectivity index (χ0v) is 7.40. The summed E-state index contributed by atoms with van der Waals surface area (Å²) in [6.07, 6.45) is 3.53. The highest BCUT2D eigenvalue weighted by molar-refractivity contribution is 7.80. The molecule has 2 heteroatoms. The maximum Gasteiger partial charge on any atom is 0.0201 e. The van der Waals surface area contributed by atoms with Crippen molar-refractivity contribution in [3.8, 4) is 0 Å². The van der Waals surface area contributed by atoms with Crippen LogP contribution in [-0.2, 0) is 0 Å². The number of likely N-dealkylation sites (N-methyl/N-ethyl adjacent to an activating group) is 1. The average molecular weight is 157 g/mol. The molecule has 0 aromatic carbocycles. The molecule has 1 nitrogen and oxygen atoms in total. The van der Waals surface area contributed by atoms with Crippen molar-refractivity contribution in [3.63, 3.8) is 0 Å². The largest absolute Gasteiger partial charge is 0.299 e. The van der Waals surface area contributed by atoms with E-state index in [0.717, 1.165) is 12.3 Å². The molecular weight excluding hydrogens is 142 g/mol. The second-order valence-corrected chi connectivity index (χ2v) is 2.99. The molecule has 1 heterocycles. The van der Waals surface area contributed by atoms with Crippen molar-refractivity contribution >= 4 is 12.6 Å². The SMILES string of the molecule is CCN1CCC=C(CS)C1. The van der Waals surface area contributed by atoms with Crippen LogP contribution >= 0.6 is 12.6 Å². The van der Waals surface area contributed by atoms with E-state index in [1.54, 1.807) is 0 Å². The Bertz CT molecular complexity index is 131. The van der Waals surface area contributed by atoms with Gasteiger partial charge in [0, 0.05) is 18.8 Å². The molecule has 0 saturated heterocycles. The van der Waals surface area contributed by atoms with Crippen molar-refractivity contribution in [3.05, 3.63) is 11.6 Å². The molecule has 58 valence electrons. The van der Waals surface area contributed by atoms with Crippen LogP contribution in [0.2, 0.25) is 0 Å². The molecule has 1 aliphatic rings. The summed E-state index contributed by atoms with van der Waals surface area (Å²) < 4.78 is 0. The molecule has 1 aliphatic heterocycles. The van der Waals surface area contributed by atoms with Gasteiger partial charge in [-0.25, -0.2) is 0 Å². The predicted molar refractivity (Wildman–Crippen MR) is 48.7 cm³/mol. The summed E-state index contributed by atoms with van der Waals surface area (Å²) in [6.45, 7) is 5.75. The van der Waals surface area contributed by atoms with Crippen LogP contribution in [0.1, 0.15) is 13.3 Å². The lowest BCUT2D eigenvalue weighted by Crippen LogP contribution is -2.29. The monoisotopic (exact) mass is 157 g/mol. The van der Waals surface area contributed by atoms with E-state index < -0.39 is 0 Å². The molecule has 0 fully saturated rings. The summed E-state index contributed by atoms with van der Waals surface area (Å²) in [5.41, 5.74) is 1.48. The molecule has 1 rings (SSSR count). The van der Waals surface area contributed by atoms with Crippen LogP contribution in [0.15, 0.2) is 11.6 Å². The fourth-order valence-electron chi connectivity index (χ4n) is 1.27. The Hall–Kier alpha value is 0.0500. The molecular formula is C8H15NS. The molecule has 0 aromatic rings. The molecule has 10 heavy (non-hydrogen) atoms. The summed E-state index contributed by atoms with van der Waals surface area (Å²) in [7, 11) is 0. The molecule has 0 unspecified atom stereocenters. The predicted octanol–water partition coefficient (Wildman–Crippen LogP) is 1.57. The minimum absolute atomic E-state index is 0.927. The standard InChI is InChI=1S/C8H15NS/c1-2-9-5-3-4-8(6-9)7-10/h4,10H,2-3,5-7H2,1H3. The summed E-state index contributed by atoms with van der Waals surface area (Å²) in [6, 6.07) is 0. The molecule has 0 bridgehead atoms. The third kappa shape index (κ3) is 2.03. The third-order valence-electron chi connectivity index (χ3n) is 1.96. The Balaban J connectivity index is 2.40. The second-order valence-electron chi connectivity index (χ2n) is 2.68. The zero-order chi connectivity index (χ0) is 7.40. The van der Waals surface area contributed by atoms with Crippen LogP contribution in [0.3, 0.4) is 0 Å². The van der Waals surface area contributed by atoms with E-state index in [1.807, 2.05) is 0 Å². The van der Waals surface area contributed by atoms with Gasteiger partial charge in [-0.05, 0) is 13.0 Å². The number of nitrogens with zero attached hydrogens (tertiary/aromatic N) is 1. The Labute approximate surface area is 68.5 Å². The first kappa shape index (κ1) is 8.15. The van der Waals surface area contributed by atoms with Gasteiger partial charge in [-0.15, -0.1) is 0 Å². The van der Waals surface area contributed by atoms with Gasteiger partial charge >= 0.3 is 0 Å². The fraction of sp³-hybridized carbons (Fsp3) is 0.750. The van der Waals surface area contributed by atoms with Gasteiger partial charge < -0.3 is 0 Å². The summed E-state index contributed by atoms with van der Waals surface area (Å²) in [4.78, 5) is 2.45. The third-order valence-corrected chi connectivity index (χ3v) is 2.36. The van der Waals surface area contributed by atoms with Crippen LogP contribution in [0.5, 0.6) is 0 Å². The van der Waals surface area contributed by atoms with Gasteiger partial charge in [-0.2, -0.15) is 12.6 Å². The molecule has 0 spiro atoms. The minimum Gasteiger partial charge on any atom is -0.299 e. The van der Waals surface area contributed by atoms with Gasteiger partial charge in [-0.1, -0.05) is 18.6 Å². The van der Waals surface area contributed by atoms with Crippen LogP contribution < -0.4 is 0 Å². The summed E-state index contributed by atoms with van der Waals surface area (Å²) in [5.74, 6) is 0.927. The minimum atomic E-state index is 0.927. The van der Waals surface area contributed by atoms with Gasteiger partial charge in [-0.3, -0.25) is 4.90 Å². The lowest BCUT2D eigenvalue weighted by atomic mass is 10.1. The van der Waals surface area contributed by atoms with Crippen molar-refractivity contribution in [1.29, 1.82) is 0 Å². The molecule has 0 amide bonds. The van der Waals surface area contributed by atoms with E-state index in [1.165, 1.54) is 25.1 Å². The Morgan fingerprint density at radius 3 is 3.10 bits per heavy atom.